The Labute approximate surface area is 138 Å². The third-order valence-corrected chi connectivity index (χ3v) is 5.68. The van der Waals surface area contributed by atoms with Gasteiger partial charge >= 0.3 is 6.18 Å². The third kappa shape index (κ3) is 5.42. The second-order valence-electron chi connectivity index (χ2n) is 6.10. The largest absolute Gasteiger partial charge is 0.401 e. The number of sulfonamides is 1. The van der Waals surface area contributed by atoms with Crippen LogP contribution in [-0.4, -0.2) is 45.7 Å². The van der Waals surface area contributed by atoms with Gasteiger partial charge in [0.15, 0.2) is 0 Å². The van der Waals surface area contributed by atoms with Crippen LogP contribution in [0, 0.1) is 18.7 Å². The summed E-state index contributed by atoms with van der Waals surface area (Å²) in [6.07, 6.45) is -3.21. The lowest BCUT2D eigenvalue weighted by Gasteiger charge is -2.32. The molecular formula is C15H20F4N2O2S. The molecule has 1 heterocycles. The Morgan fingerprint density at radius 1 is 1.25 bits per heavy atom. The van der Waals surface area contributed by atoms with Crippen LogP contribution in [0.4, 0.5) is 17.6 Å². The lowest BCUT2D eigenvalue weighted by molar-refractivity contribution is -0.148. The molecule has 1 N–H and O–H groups in total. The number of alkyl halides is 3. The van der Waals surface area contributed by atoms with E-state index in [4.69, 9.17) is 0 Å². The minimum Gasteiger partial charge on any atom is -0.295 e. The van der Waals surface area contributed by atoms with E-state index in [-0.39, 0.29) is 17.4 Å². The maximum atomic E-state index is 13.1. The predicted molar refractivity (Wildman–Crippen MR) is 81.5 cm³/mol. The van der Waals surface area contributed by atoms with Crippen molar-refractivity contribution in [2.24, 2.45) is 5.92 Å². The molecule has 1 saturated heterocycles. The zero-order valence-corrected chi connectivity index (χ0v) is 14.1. The van der Waals surface area contributed by atoms with Crippen LogP contribution in [0.25, 0.3) is 0 Å². The molecule has 2 rings (SSSR count). The fraction of sp³-hybridized carbons (Fsp3) is 0.600. The van der Waals surface area contributed by atoms with E-state index >= 15 is 0 Å². The van der Waals surface area contributed by atoms with Crippen molar-refractivity contribution in [1.29, 1.82) is 0 Å². The van der Waals surface area contributed by atoms with E-state index in [1.54, 1.807) is 0 Å². The zero-order chi connectivity index (χ0) is 18.0. The van der Waals surface area contributed by atoms with Gasteiger partial charge in [-0.25, -0.2) is 17.5 Å². The number of likely N-dealkylation sites (tertiary alicyclic amines) is 1. The number of hydrogen-bond donors (Lipinski definition) is 1. The first-order chi connectivity index (χ1) is 11.1. The van der Waals surface area contributed by atoms with Gasteiger partial charge in [-0.2, -0.15) is 13.2 Å². The van der Waals surface area contributed by atoms with Gasteiger partial charge in [0.25, 0.3) is 0 Å². The van der Waals surface area contributed by atoms with Crippen LogP contribution in [0.3, 0.4) is 0 Å². The molecule has 0 aliphatic carbocycles. The minimum absolute atomic E-state index is 0.00925. The van der Waals surface area contributed by atoms with Crippen LogP contribution in [0.5, 0.6) is 0 Å². The molecule has 136 valence electrons. The molecule has 1 fully saturated rings. The number of benzene rings is 1. The van der Waals surface area contributed by atoms with E-state index in [0.717, 1.165) is 12.1 Å². The van der Waals surface area contributed by atoms with Gasteiger partial charge in [0.1, 0.15) is 5.82 Å². The summed E-state index contributed by atoms with van der Waals surface area (Å²) < 4.78 is 77.1. The van der Waals surface area contributed by atoms with Gasteiger partial charge in [-0.15, -0.1) is 0 Å². The van der Waals surface area contributed by atoms with Crippen molar-refractivity contribution in [2.45, 2.75) is 30.8 Å². The van der Waals surface area contributed by atoms with Crippen molar-refractivity contribution >= 4 is 10.0 Å². The molecule has 0 bridgehead atoms. The molecule has 4 nitrogen and oxygen atoms in total. The van der Waals surface area contributed by atoms with Crippen molar-refractivity contribution in [3.05, 3.63) is 29.6 Å². The second-order valence-corrected chi connectivity index (χ2v) is 7.83. The predicted octanol–water partition coefficient (Wildman–Crippen LogP) is 2.69. The summed E-state index contributed by atoms with van der Waals surface area (Å²) in [5.41, 5.74) is 0.308. The number of halogens is 4. The fourth-order valence-corrected chi connectivity index (χ4v) is 4.16. The maximum Gasteiger partial charge on any atom is 0.401 e. The topological polar surface area (TPSA) is 49.4 Å². The Kier molecular flexibility index (Phi) is 5.87. The monoisotopic (exact) mass is 368 g/mol. The molecule has 0 atom stereocenters. The summed E-state index contributed by atoms with van der Waals surface area (Å²) in [6.45, 7) is 1.33. The van der Waals surface area contributed by atoms with Gasteiger partial charge in [-0.1, -0.05) is 0 Å². The first kappa shape index (κ1) is 19.1. The summed E-state index contributed by atoms with van der Waals surface area (Å²) in [5.74, 6) is -0.520. The summed E-state index contributed by atoms with van der Waals surface area (Å²) in [7, 11) is -3.76. The van der Waals surface area contributed by atoms with Gasteiger partial charge < -0.3 is 0 Å². The lowest BCUT2D eigenvalue weighted by Crippen LogP contribution is -2.42. The number of rotatable bonds is 5. The van der Waals surface area contributed by atoms with Crippen LogP contribution >= 0.6 is 0 Å². The Morgan fingerprint density at radius 2 is 1.88 bits per heavy atom. The van der Waals surface area contributed by atoms with E-state index < -0.39 is 28.6 Å². The summed E-state index contributed by atoms with van der Waals surface area (Å²) >= 11 is 0. The van der Waals surface area contributed by atoms with Crippen molar-refractivity contribution < 1.29 is 26.0 Å². The van der Waals surface area contributed by atoms with Crippen molar-refractivity contribution in [1.82, 2.24) is 9.62 Å². The van der Waals surface area contributed by atoms with Crippen LogP contribution in [-0.2, 0) is 10.0 Å². The molecule has 0 saturated carbocycles. The van der Waals surface area contributed by atoms with Crippen LogP contribution in [0.2, 0.25) is 0 Å². The standard InChI is InChI=1S/C15H20F4N2O2S/c1-11-8-13(16)2-3-14(11)24(22,23)20-9-12-4-6-21(7-5-12)10-15(17,18)19/h2-3,8,12,20H,4-7,9-10H2,1H3. The fourth-order valence-electron chi connectivity index (χ4n) is 2.82. The van der Waals surface area contributed by atoms with E-state index in [1.807, 2.05) is 0 Å². The van der Waals surface area contributed by atoms with Gasteiger partial charge in [0.2, 0.25) is 10.0 Å². The highest BCUT2D eigenvalue weighted by Gasteiger charge is 2.32. The van der Waals surface area contributed by atoms with Crippen LogP contribution in [0.15, 0.2) is 23.1 Å². The minimum atomic E-state index is -4.21. The second kappa shape index (κ2) is 7.37. The molecule has 0 spiro atoms. The molecular weight excluding hydrogens is 348 g/mol. The molecule has 24 heavy (non-hydrogen) atoms. The maximum absolute atomic E-state index is 13.1. The average Bonchev–Trinajstić information content (AvgIpc) is 2.44. The summed E-state index contributed by atoms with van der Waals surface area (Å²) in [5, 5.41) is 0. The highest BCUT2D eigenvalue weighted by molar-refractivity contribution is 7.89. The number of nitrogens with zero attached hydrogens (tertiary/aromatic N) is 1. The lowest BCUT2D eigenvalue weighted by atomic mass is 9.97. The molecule has 0 unspecified atom stereocenters. The Morgan fingerprint density at radius 3 is 2.42 bits per heavy atom. The van der Waals surface area contributed by atoms with Gasteiger partial charge in [-0.3, -0.25) is 4.90 Å². The van der Waals surface area contributed by atoms with E-state index in [9.17, 15) is 26.0 Å². The Balaban J connectivity index is 1.88. The third-order valence-electron chi connectivity index (χ3n) is 4.10. The molecule has 0 amide bonds. The van der Waals surface area contributed by atoms with Crippen LogP contribution in [0.1, 0.15) is 18.4 Å². The Hall–Kier alpha value is -1.19. The quantitative estimate of drug-likeness (QED) is 0.813. The highest BCUT2D eigenvalue weighted by atomic mass is 32.2. The molecule has 9 heteroatoms. The van der Waals surface area contributed by atoms with Gasteiger partial charge in [0.05, 0.1) is 11.4 Å². The SMILES string of the molecule is Cc1cc(F)ccc1S(=O)(=O)NCC1CCN(CC(F)(F)F)CC1. The molecule has 0 radical (unpaired) electrons. The average molecular weight is 368 g/mol. The summed E-state index contributed by atoms with van der Waals surface area (Å²) in [4.78, 5) is 1.34. The van der Waals surface area contributed by atoms with E-state index in [0.29, 0.717) is 31.5 Å². The van der Waals surface area contributed by atoms with Crippen molar-refractivity contribution in [3.8, 4) is 0 Å². The van der Waals surface area contributed by atoms with Crippen LogP contribution < -0.4 is 4.72 Å². The smallest absolute Gasteiger partial charge is 0.295 e. The number of piperidine rings is 1. The van der Waals surface area contributed by atoms with Gasteiger partial charge in [-0.05, 0) is 62.5 Å². The molecule has 1 aromatic rings. The molecule has 1 aliphatic rings. The number of aryl methyl sites for hydroxylation is 1. The normalized spacial score (nSPS) is 18.0. The van der Waals surface area contributed by atoms with Crippen molar-refractivity contribution in [2.75, 3.05) is 26.2 Å². The molecule has 1 aromatic carbocycles. The number of nitrogens with one attached hydrogen (secondary N) is 1. The van der Waals surface area contributed by atoms with Gasteiger partial charge in [0, 0.05) is 6.54 Å². The van der Waals surface area contributed by atoms with E-state index in [1.165, 1.54) is 17.9 Å². The first-order valence-electron chi connectivity index (χ1n) is 7.62. The molecule has 0 aromatic heterocycles. The Bertz CT molecular complexity index is 669. The van der Waals surface area contributed by atoms with Crippen molar-refractivity contribution in [3.63, 3.8) is 0 Å². The number of hydrogen-bond acceptors (Lipinski definition) is 3. The zero-order valence-electron chi connectivity index (χ0n) is 13.2. The summed E-state index contributed by atoms with van der Waals surface area (Å²) in [6, 6.07) is 3.43. The van der Waals surface area contributed by atoms with E-state index in [2.05, 4.69) is 4.72 Å². The first-order valence-corrected chi connectivity index (χ1v) is 9.10. The molecule has 1 aliphatic heterocycles. The highest BCUT2D eigenvalue weighted by Crippen LogP contribution is 2.23.